The Bertz CT molecular complexity index is 452. The molecule has 6 heteroatoms. The Hall–Kier alpha value is -1.14. The van der Waals surface area contributed by atoms with Crippen molar-refractivity contribution in [3.8, 4) is 5.88 Å². The summed E-state index contributed by atoms with van der Waals surface area (Å²) in [6.07, 6.45) is 0. The summed E-state index contributed by atoms with van der Waals surface area (Å²) in [6.45, 7) is 3.61. The first-order valence-electron chi connectivity index (χ1n) is 4.45. The maximum atomic E-state index is 11.4. The highest BCUT2D eigenvalue weighted by Gasteiger charge is 2.11. The van der Waals surface area contributed by atoms with Crippen LogP contribution < -0.4 is 5.56 Å². The molecule has 5 nitrogen and oxygen atoms in total. The van der Waals surface area contributed by atoms with E-state index < -0.39 is 11.1 Å². The second-order valence-electron chi connectivity index (χ2n) is 3.16. The second-order valence-corrected chi connectivity index (χ2v) is 4.06. The first-order valence-corrected chi connectivity index (χ1v) is 5.70. The molecule has 1 rings (SSSR count). The molecule has 0 aliphatic carbocycles. The quantitative estimate of drug-likeness (QED) is 0.755. The summed E-state index contributed by atoms with van der Waals surface area (Å²) in [5, 5.41) is 9.69. The van der Waals surface area contributed by atoms with Gasteiger partial charge in [0, 0.05) is 23.9 Å². The third kappa shape index (κ3) is 2.45. The van der Waals surface area contributed by atoms with Gasteiger partial charge in [-0.05, 0) is 19.4 Å². The van der Waals surface area contributed by atoms with Gasteiger partial charge >= 0.3 is 0 Å². The van der Waals surface area contributed by atoms with Crippen molar-refractivity contribution in [2.75, 3.05) is 0 Å². The van der Waals surface area contributed by atoms with Gasteiger partial charge in [0.1, 0.15) is 0 Å². The van der Waals surface area contributed by atoms with E-state index >= 15 is 0 Å². The Balaban J connectivity index is 3.38. The van der Waals surface area contributed by atoms with Crippen LogP contribution >= 0.6 is 0 Å². The highest BCUT2D eigenvalue weighted by molar-refractivity contribution is 7.78. The normalized spacial score (nSPS) is 12.7. The van der Waals surface area contributed by atoms with Gasteiger partial charge < -0.3 is 9.66 Å². The van der Waals surface area contributed by atoms with E-state index in [1.165, 1.54) is 6.07 Å². The lowest BCUT2D eigenvalue weighted by Crippen LogP contribution is -2.20. The molecule has 0 bridgehead atoms. The van der Waals surface area contributed by atoms with Crippen LogP contribution in [0.5, 0.6) is 5.88 Å². The Morgan fingerprint density at radius 1 is 1.60 bits per heavy atom. The van der Waals surface area contributed by atoms with Crippen molar-refractivity contribution < 1.29 is 13.9 Å². The van der Waals surface area contributed by atoms with Crippen molar-refractivity contribution in [3.63, 3.8) is 0 Å². The molecule has 1 unspecified atom stereocenters. The molecular weight excluding hydrogens is 218 g/mol. The molecule has 0 radical (unpaired) electrons. The summed E-state index contributed by atoms with van der Waals surface area (Å²) in [6, 6.07) is 1.32. The van der Waals surface area contributed by atoms with E-state index in [-0.39, 0.29) is 22.8 Å². The Kier molecular flexibility index (Phi) is 3.65. The zero-order valence-electron chi connectivity index (χ0n) is 8.52. The fourth-order valence-corrected chi connectivity index (χ4v) is 1.99. The van der Waals surface area contributed by atoms with Crippen molar-refractivity contribution in [2.45, 2.75) is 26.1 Å². The number of rotatable bonds is 3. The van der Waals surface area contributed by atoms with Crippen molar-refractivity contribution in [2.24, 2.45) is 0 Å². The van der Waals surface area contributed by atoms with Crippen LogP contribution in [-0.2, 0) is 23.4 Å². The maximum absolute atomic E-state index is 11.4. The molecule has 0 aliphatic rings. The average Bonchev–Trinajstić information content (AvgIpc) is 2.12. The minimum atomic E-state index is -2.28. The van der Waals surface area contributed by atoms with E-state index in [0.29, 0.717) is 12.1 Å². The second kappa shape index (κ2) is 4.59. The van der Waals surface area contributed by atoms with Gasteiger partial charge in [0.05, 0.1) is 0 Å². The molecule has 1 N–H and O–H groups in total. The number of hydrogen-bond acceptors (Lipinski definition) is 4. The molecule has 0 fully saturated rings. The monoisotopic (exact) mass is 230 g/mol. The molecule has 0 aliphatic heterocycles. The number of aromatic hydroxyl groups is 1. The molecule has 0 spiro atoms. The minimum Gasteiger partial charge on any atom is -0.772 e. The molecular formula is C9H12NO4S-. The smallest absolute Gasteiger partial charge is 0.253 e. The van der Waals surface area contributed by atoms with E-state index in [1.54, 1.807) is 13.8 Å². The molecule has 1 atom stereocenters. The Morgan fingerprint density at radius 3 is 2.67 bits per heavy atom. The maximum Gasteiger partial charge on any atom is 0.253 e. The topological polar surface area (TPSA) is 82.4 Å². The van der Waals surface area contributed by atoms with Gasteiger partial charge in [-0.15, -0.1) is 0 Å². The molecule has 0 saturated carbocycles. The van der Waals surface area contributed by atoms with Gasteiger partial charge in [-0.2, -0.15) is 0 Å². The van der Waals surface area contributed by atoms with Crippen LogP contribution in [0.15, 0.2) is 10.9 Å². The molecule has 1 aromatic rings. The van der Waals surface area contributed by atoms with Gasteiger partial charge in [0.15, 0.2) is 5.88 Å². The molecule has 0 saturated heterocycles. The SMILES string of the molecule is CCn1c(O)c(CS(=O)[O-])c(C)cc1=O. The van der Waals surface area contributed by atoms with E-state index in [1.807, 2.05) is 0 Å². The lowest BCUT2D eigenvalue weighted by molar-refractivity contribution is 0.404. The van der Waals surface area contributed by atoms with Crippen LogP contribution in [0.3, 0.4) is 0 Å². The van der Waals surface area contributed by atoms with Crippen LogP contribution in [0.2, 0.25) is 0 Å². The van der Waals surface area contributed by atoms with Crippen LogP contribution in [0.25, 0.3) is 0 Å². The van der Waals surface area contributed by atoms with Crippen molar-refractivity contribution >= 4 is 11.1 Å². The average molecular weight is 230 g/mol. The Labute approximate surface area is 89.7 Å². The molecule has 0 amide bonds. The van der Waals surface area contributed by atoms with Crippen LogP contribution in [0, 0.1) is 6.92 Å². The van der Waals surface area contributed by atoms with Gasteiger partial charge in [-0.1, -0.05) is 11.1 Å². The third-order valence-corrected chi connectivity index (χ3v) is 2.71. The highest BCUT2D eigenvalue weighted by atomic mass is 32.2. The molecule has 15 heavy (non-hydrogen) atoms. The van der Waals surface area contributed by atoms with Crippen LogP contribution in [0.4, 0.5) is 0 Å². The first kappa shape index (κ1) is 11.9. The fraction of sp³-hybridized carbons (Fsp3) is 0.444. The molecule has 1 heterocycles. The van der Waals surface area contributed by atoms with Gasteiger partial charge in [-0.25, -0.2) is 0 Å². The summed E-state index contributed by atoms with van der Waals surface area (Å²) in [7, 11) is 0. The van der Waals surface area contributed by atoms with Gasteiger partial charge in [-0.3, -0.25) is 13.6 Å². The van der Waals surface area contributed by atoms with Crippen LogP contribution in [0.1, 0.15) is 18.1 Å². The summed E-state index contributed by atoms with van der Waals surface area (Å²) in [5.41, 5.74) is 0.448. The zero-order chi connectivity index (χ0) is 11.6. The number of hydrogen-bond donors (Lipinski definition) is 1. The molecule has 0 aromatic carbocycles. The molecule has 84 valence electrons. The van der Waals surface area contributed by atoms with Gasteiger partial charge in [0.25, 0.3) is 5.56 Å². The van der Waals surface area contributed by atoms with Gasteiger partial charge in [0.2, 0.25) is 0 Å². The summed E-state index contributed by atoms with van der Waals surface area (Å²) in [5.74, 6) is -0.538. The predicted octanol–water partition coefficient (Wildman–Crippen LogP) is 0.261. The lowest BCUT2D eigenvalue weighted by atomic mass is 10.2. The fourth-order valence-electron chi connectivity index (χ4n) is 1.40. The minimum absolute atomic E-state index is 0.258. The first-order chi connectivity index (χ1) is 6.97. The van der Waals surface area contributed by atoms with E-state index in [9.17, 15) is 18.7 Å². The summed E-state index contributed by atoms with van der Waals surface area (Å²) < 4.78 is 22.3. The summed E-state index contributed by atoms with van der Waals surface area (Å²) >= 11 is -2.28. The van der Waals surface area contributed by atoms with E-state index in [2.05, 4.69) is 0 Å². The van der Waals surface area contributed by atoms with Crippen molar-refractivity contribution in [3.05, 3.63) is 27.5 Å². The predicted molar refractivity (Wildman–Crippen MR) is 55.4 cm³/mol. The van der Waals surface area contributed by atoms with E-state index in [4.69, 9.17) is 0 Å². The number of nitrogens with zero attached hydrogens (tertiary/aromatic N) is 1. The lowest BCUT2D eigenvalue weighted by Gasteiger charge is -2.14. The van der Waals surface area contributed by atoms with Crippen molar-refractivity contribution in [1.29, 1.82) is 0 Å². The largest absolute Gasteiger partial charge is 0.772 e. The van der Waals surface area contributed by atoms with Crippen LogP contribution in [-0.4, -0.2) is 18.4 Å². The number of aromatic nitrogens is 1. The van der Waals surface area contributed by atoms with Crippen molar-refractivity contribution in [1.82, 2.24) is 4.57 Å². The standard InChI is InChI=1S/C9H13NO4S/c1-3-10-8(11)4-6(2)7(9(10)12)5-15(13)14/h4,12H,3,5H2,1-2H3,(H,13,14)/p-1. The molecule has 1 aromatic heterocycles. The highest BCUT2D eigenvalue weighted by Crippen LogP contribution is 2.19. The number of aryl methyl sites for hydroxylation is 1. The Morgan fingerprint density at radius 2 is 2.20 bits per heavy atom. The third-order valence-electron chi connectivity index (χ3n) is 2.19. The number of pyridine rings is 1. The van der Waals surface area contributed by atoms with E-state index in [0.717, 1.165) is 4.57 Å². The zero-order valence-corrected chi connectivity index (χ0v) is 9.34. The summed E-state index contributed by atoms with van der Waals surface area (Å²) in [4.78, 5) is 11.4.